The highest BCUT2D eigenvalue weighted by Gasteiger charge is 2.33. The van der Waals surface area contributed by atoms with Gasteiger partial charge < -0.3 is 19.2 Å². The third-order valence-electron chi connectivity index (χ3n) is 5.08. The van der Waals surface area contributed by atoms with Gasteiger partial charge in [-0.25, -0.2) is 12.8 Å². The molecule has 0 aliphatic carbocycles. The average Bonchev–Trinajstić information content (AvgIpc) is 3.33. The highest BCUT2D eigenvalue weighted by atomic mass is 32.2. The Morgan fingerprint density at radius 2 is 1.85 bits per heavy atom. The molecule has 0 spiro atoms. The van der Waals surface area contributed by atoms with Crippen molar-refractivity contribution in [1.29, 1.82) is 0 Å². The van der Waals surface area contributed by atoms with Gasteiger partial charge in [-0.15, -0.1) is 0 Å². The van der Waals surface area contributed by atoms with Gasteiger partial charge in [0.1, 0.15) is 22.4 Å². The molecule has 0 radical (unpaired) electrons. The van der Waals surface area contributed by atoms with Crippen molar-refractivity contribution in [2.24, 2.45) is 0 Å². The summed E-state index contributed by atoms with van der Waals surface area (Å²) in [6.45, 7) is 0.949. The van der Waals surface area contributed by atoms with Gasteiger partial charge in [0.05, 0.1) is 36.4 Å². The number of hydrogen-bond acceptors (Lipinski definition) is 8. The van der Waals surface area contributed by atoms with Crippen LogP contribution in [0.15, 0.2) is 58.0 Å². The fourth-order valence-electron chi connectivity index (χ4n) is 3.28. The van der Waals surface area contributed by atoms with Gasteiger partial charge in [-0.2, -0.15) is 0 Å². The number of nitrogens with zero attached hydrogens (tertiary/aromatic N) is 1. The maximum atomic E-state index is 13.7. The molecule has 1 aromatic heterocycles. The van der Waals surface area contributed by atoms with Gasteiger partial charge in [0, 0.05) is 12.6 Å². The number of carbonyl (C=O) groups excluding carboxylic acids is 1. The van der Waals surface area contributed by atoms with Crippen LogP contribution in [0.25, 0.3) is 0 Å². The van der Waals surface area contributed by atoms with E-state index in [9.17, 15) is 27.7 Å². The molecule has 1 N–H and O–H groups in total. The predicted octanol–water partition coefficient (Wildman–Crippen LogP) is 3.60. The highest BCUT2D eigenvalue weighted by molar-refractivity contribution is 7.91. The molecule has 0 bridgehead atoms. The van der Waals surface area contributed by atoms with E-state index in [1.165, 1.54) is 45.6 Å². The first-order chi connectivity index (χ1) is 16.1. The third-order valence-corrected chi connectivity index (χ3v) is 7.14. The van der Waals surface area contributed by atoms with Crippen molar-refractivity contribution in [2.45, 2.75) is 17.1 Å². The zero-order valence-corrected chi connectivity index (χ0v) is 19.2. The Kier molecular flexibility index (Phi) is 7.20. The molecule has 0 fully saturated rings. The van der Waals surface area contributed by atoms with E-state index in [2.05, 4.69) is 5.32 Å². The number of aryl methyl sites for hydroxylation is 1. The van der Waals surface area contributed by atoms with Crippen LogP contribution in [0.2, 0.25) is 0 Å². The summed E-state index contributed by atoms with van der Waals surface area (Å²) in [5, 5.41) is 12.6. The lowest BCUT2D eigenvalue weighted by atomic mass is 10.1. The zero-order valence-electron chi connectivity index (χ0n) is 18.4. The van der Waals surface area contributed by atoms with E-state index in [1.807, 2.05) is 0 Å². The molecule has 180 valence electrons. The van der Waals surface area contributed by atoms with Gasteiger partial charge in [0.15, 0.2) is 21.3 Å². The minimum absolute atomic E-state index is 0.0316. The number of nitro benzene ring substituents is 1. The van der Waals surface area contributed by atoms with Crippen molar-refractivity contribution in [1.82, 2.24) is 5.32 Å². The van der Waals surface area contributed by atoms with E-state index >= 15 is 0 Å². The Hall–Kier alpha value is -3.93. The number of halogens is 1. The third kappa shape index (κ3) is 4.86. The number of hydrogen-bond donors (Lipinski definition) is 1. The molecule has 12 heteroatoms. The summed E-state index contributed by atoms with van der Waals surface area (Å²) in [7, 11) is -1.55. The first-order valence-electron chi connectivity index (χ1n) is 9.82. The lowest BCUT2D eigenvalue weighted by Crippen LogP contribution is -2.32. The molecule has 34 heavy (non-hydrogen) atoms. The Morgan fingerprint density at radius 1 is 1.18 bits per heavy atom. The van der Waals surface area contributed by atoms with Crippen LogP contribution < -0.4 is 14.8 Å². The fraction of sp³-hybridized carbons (Fsp3) is 0.227. The number of ether oxygens (including phenoxy) is 2. The Balaban J connectivity index is 1.96. The number of benzene rings is 2. The molecule has 0 saturated carbocycles. The molecule has 0 saturated heterocycles. The molecule has 1 unspecified atom stereocenters. The van der Waals surface area contributed by atoms with Crippen molar-refractivity contribution in [3.63, 3.8) is 0 Å². The van der Waals surface area contributed by atoms with E-state index in [4.69, 9.17) is 13.9 Å². The van der Waals surface area contributed by atoms with Crippen LogP contribution in [0, 0.1) is 22.9 Å². The minimum atomic E-state index is -4.14. The SMILES string of the molecule is COc1cc(C(=O)NCC(c2ccco2)S(=O)(=O)c2ccc(F)c(C)c2)c([N+](=O)[O-])cc1OC. The Labute approximate surface area is 194 Å². The second-order valence-electron chi connectivity index (χ2n) is 7.15. The Bertz CT molecular complexity index is 1320. The molecular weight excluding hydrogens is 471 g/mol. The van der Waals surface area contributed by atoms with E-state index in [-0.39, 0.29) is 33.3 Å². The molecule has 0 aliphatic rings. The van der Waals surface area contributed by atoms with Gasteiger partial charge in [-0.1, -0.05) is 0 Å². The second kappa shape index (κ2) is 9.91. The summed E-state index contributed by atoms with van der Waals surface area (Å²) in [4.78, 5) is 23.5. The maximum Gasteiger partial charge on any atom is 0.286 e. The van der Waals surface area contributed by atoms with Crippen LogP contribution >= 0.6 is 0 Å². The number of carbonyl (C=O) groups is 1. The number of nitro groups is 1. The summed E-state index contributed by atoms with van der Waals surface area (Å²) in [5.74, 6) is -1.31. The van der Waals surface area contributed by atoms with E-state index in [1.54, 1.807) is 0 Å². The second-order valence-corrected chi connectivity index (χ2v) is 9.28. The van der Waals surface area contributed by atoms with Gasteiger partial charge in [0.2, 0.25) is 0 Å². The number of furan rings is 1. The smallest absolute Gasteiger partial charge is 0.286 e. The summed E-state index contributed by atoms with van der Waals surface area (Å²) in [6, 6.07) is 8.41. The Morgan fingerprint density at radius 3 is 2.41 bits per heavy atom. The van der Waals surface area contributed by atoms with Crippen molar-refractivity contribution < 1.29 is 36.4 Å². The van der Waals surface area contributed by atoms with Crippen LogP contribution in [-0.2, 0) is 9.84 Å². The average molecular weight is 492 g/mol. The topological polar surface area (TPSA) is 138 Å². The largest absolute Gasteiger partial charge is 0.493 e. The van der Waals surface area contributed by atoms with Gasteiger partial charge in [-0.3, -0.25) is 14.9 Å². The van der Waals surface area contributed by atoms with Gasteiger partial charge in [-0.05, 0) is 42.8 Å². The molecule has 1 heterocycles. The summed E-state index contributed by atoms with van der Waals surface area (Å²) >= 11 is 0. The highest BCUT2D eigenvalue weighted by Crippen LogP contribution is 2.35. The first kappa shape index (κ1) is 24.7. The van der Waals surface area contributed by atoms with Crippen molar-refractivity contribution in [2.75, 3.05) is 20.8 Å². The van der Waals surface area contributed by atoms with E-state index < -0.39 is 44.0 Å². The normalized spacial score (nSPS) is 12.1. The van der Waals surface area contributed by atoms with Gasteiger partial charge in [0.25, 0.3) is 11.6 Å². The monoisotopic (exact) mass is 492 g/mol. The van der Waals surface area contributed by atoms with Crippen LogP contribution in [0.3, 0.4) is 0 Å². The molecule has 3 rings (SSSR count). The standard InChI is InChI=1S/C22H21FN2O8S/c1-13-9-14(6-7-16(13)23)34(29,30)21(18-5-4-8-33-18)12-24-22(26)15-10-19(31-2)20(32-3)11-17(15)25(27)28/h4-11,21H,12H2,1-3H3,(H,24,26). The van der Waals surface area contributed by atoms with Crippen LogP contribution in [0.5, 0.6) is 11.5 Å². The predicted molar refractivity (Wildman–Crippen MR) is 118 cm³/mol. The minimum Gasteiger partial charge on any atom is -0.493 e. The number of sulfone groups is 1. The quantitative estimate of drug-likeness (QED) is 0.272. The van der Waals surface area contributed by atoms with Crippen molar-refractivity contribution >= 4 is 21.4 Å². The van der Waals surface area contributed by atoms with E-state index in [0.717, 1.165) is 24.3 Å². The lowest BCUT2D eigenvalue weighted by molar-refractivity contribution is -0.385. The number of amides is 1. The fourth-order valence-corrected chi connectivity index (χ4v) is 4.95. The number of methoxy groups -OCH3 is 2. The van der Waals surface area contributed by atoms with Gasteiger partial charge >= 0.3 is 0 Å². The van der Waals surface area contributed by atoms with Crippen LogP contribution in [-0.4, -0.2) is 40.0 Å². The van der Waals surface area contributed by atoms with Crippen LogP contribution in [0.1, 0.15) is 26.9 Å². The molecule has 3 aromatic rings. The molecule has 1 atom stereocenters. The molecule has 1 amide bonds. The lowest BCUT2D eigenvalue weighted by Gasteiger charge is -2.17. The molecule has 10 nitrogen and oxygen atoms in total. The first-order valence-corrected chi connectivity index (χ1v) is 11.4. The number of rotatable bonds is 9. The molecule has 0 aliphatic heterocycles. The van der Waals surface area contributed by atoms with Crippen LogP contribution in [0.4, 0.5) is 10.1 Å². The maximum absolute atomic E-state index is 13.7. The number of nitrogens with one attached hydrogen (secondary N) is 1. The van der Waals surface area contributed by atoms with E-state index in [0.29, 0.717) is 0 Å². The summed E-state index contributed by atoms with van der Waals surface area (Å²) in [5.41, 5.74) is -0.776. The van der Waals surface area contributed by atoms with Crippen molar-refractivity contribution in [3.05, 3.63) is 81.5 Å². The summed E-state index contributed by atoms with van der Waals surface area (Å²) in [6.07, 6.45) is 1.27. The summed E-state index contributed by atoms with van der Waals surface area (Å²) < 4.78 is 55.8. The molecular formula is C22H21FN2O8S. The molecule has 2 aromatic carbocycles. The zero-order chi connectivity index (χ0) is 25.0. The van der Waals surface area contributed by atoms with Crippen molar-refractivity contribution in [3.8, 4) is 11.5 Å².